The van der Waals surface area contributed by atoms with Crippen LogP contribution in [0.4, 0.5) is 0 Å². The van der Waals surface area contributed by atoms with Crippen molar-refractivity contribution in [2.75, 3.05) is 26.4 Å². The van der Waals surface area contributed by atoms with Gasteiger partial charge in [-0.1, -0.05) is 39.6 Å². The van der Waals surface area contributed by atoms with Gasteiger partial charge in [0.1, 0.15) is 0 Å². The Hall–Kier alpha value is 0.270. The summed E-state index contributed by atoms with van der Waals surface area (Å²) < 4.78 is 2.31. The summed E-state index contributed by atoms with van der Waals surface area (Å²) in [6.45, 7) is 10.1. The summed E-state index contributed by atoms with van der Waals surface area (Å²) in [5.74, 6) is 1.15. The van der Waals surface area contributed by atoms with E-state index in [-0.39, 0.29) is 0 Å². The summed E-state index contributed by atoms with van der Waals surface area (Å²) in [6.07, 6.45) is 0. The molecule has 0 aromatic rings. The lowest BCUT2D eigenvalue weighted by molar-refractivity contribution is 0.252. The fraction of sp³-hybridized carbons (Fsp3) is 1.00. The van der Waals surface area contributed by atoms with E-state index in [1.54, 1.807) is 0 Å². The Bertz CT molecular complexity index is 131. The van der Waals surface area contributed by atoms with Crippen LogP contribution in [-0.2, 0) is 0 Å². The van der Waals surface area contributed by atoms with Crippen molar-refractivity contribution in [2.45, 2.75) is 33.7 Å². The molecule has 0 amide bonds. The van der Waals surface area contributed by atoms with E-state index in [0.29, 0.717) is 11.5 Å². The number of hydrogen-bond donors (Lipinski definition) is 1. The Morgan fingerprint density at radius 1 is 1.38 bits per heavy atom. The summed E-state index contributed by atoms with van der Waals surface area (Å²) in [7, 11) is 4.20. The fourth-order valence-corrected chi connectivity index (χ4v) is 2.02. The zero-order valence-corrected chi connectivity index (χ0v) is 10.7. The lowest BCUT2D eigenvalue weighted by Crippen LogP contribution is -2.44. The second kappa shape index (κ2) is 5.89. The Kier molecular flexibility index (Phi) is 6.01. The number of likely N-dealkylation sites (N-methyl/N-ethyl adjacent to an activating group) is 2. The van der Waals surface area contributed by atoms with Gasteiger partial charge in [0.25, 0.3) is 0 Å². The lowest BCUT2D eigenvalue weighted by Gasteiger charge is -2.33. The van der Waals surface area contributed by atoms with E-state index < -0.39 is 0 Å². The van der Waals surface area contributed by atoms with Gasteiger partial charge in [0.2, 0.25) is 0 Å². The summed E-state index contributed by atoms with van der Waals surface area (Å²) in [5.41, 5.74) is 0.331. The summed E-state index contributed by atoms with van der Waals surface area (Å²) in [4.78, 5) is 0. The predicted octanol–water partition coefficient (Wildman–Crippen LogP) is 2.22. The SMILES string of the molecule is CCSN(C)CC(NC)C(C)(C)C. The van der Waals surface area contributed by atoms with Crippen LogP contribution in [0.3, 0.4) is 0 Å². The quantitative estimate of drug-likeness (QED) is 0.691. The Balaban J connectivity index is 3.98. The Labute approximate surface area is 87.6 Å². The van der Waals surface area contributed by atoms with Gasteiger partial charge in [-0.3, -0.25) is 4.31 Å². The van der Waals surface area contributed by atoms with Crippen LogP contribution in [0.1, 0.15) is 27.7 Å². The maximum Gasteiger partial charge on any atom is 0.0249 e. The first kappa shape index (κ1) is 13.3. The van der Waals surface area contributed by atoms with Crippen LogP contribution in [0.15, 0.2) is 0 Å². The summed E-state index contributed by atoms with van der Waals surface area (Å²) in [6, 6.07) is 0.552. The molecular weight excluding hydrogens is 180 g/mol. The molecule has 1 atom stereocenters. The fourth-order valence-electron chi connectivity index (χ4n) is 1.33. The molecule has 0 aliphatic heterocycles. The molecule has 2 nitrogen and oxygen atoms in total. The maximum atomic E-state index is 3.38. The maximum absolute atomic E-state index is 3.38. The van der Waals surface area contributed by atoms with Crippen LogP contribution in [0.5, 0.6) is 0 Å². The smallest absolute Gasteiger partial charge is 0.0249 e. The Morgan fingerprint density at radius 2 is 1.92 bits per heavy atom. The second-order valence-electron chi connectivity index (χ2n) is 4.44. The van der Waals surface area contributed by atoms with Gasteiger partial charge in [0.15, 0.2) is 0 Å². The molecule has 0 aromatic heterocycles. The molecule has 0 aliphatic carbocycles. The molecule has 80 valence electrons. The normalized spacial score (nSPS) is 15.0. The molecule has 0 saturated heterocycles. The molecule has 0 aliphatic rings. The second-order valence-corrected chi connectivity index (χ2v) is 5.89. The number of hydrogen-bond acceptors (Lipinski definition) is 3. The van der Waals surface area contributed by atoms with Crippen LogP contribution >= 0.6 is 11.9 Å². The standard InChI is InChI=1S/C10H24N2S/c1-7-13-12(6)8-9(11-5)10(2,3)4/h9,11H,7-8H2,1-6H3. The first-order chi connectivity index (χ1) is 5.91. The number of nitrogens with one attached hydrogen (secondary N) is 1. The highest BCUT2D eigenvalue weighted by Gasteiger charge is 2.23. The first-order valence-electron chi connectivity index (χ1n) is 4.93. The van der Waals surface area contributed by atoms with Gasteiger partial charge in [-0.05, 0) is 19.5 Å². The molecule has 0 bridgehead atoms. The van der Waals surface area contributed by atoms with Gasteiger partial charge in [0.05, 0.1) is 0 Å². The molecule has 0 rings (SSSR count). The van der Waals surface area contributed by atoms with Crippen molar-refractivity contribution >= 4 is 11.9 Å². The molecule has 0 heterocycles. The minimum absolute atomic E-state index is 0.331. The molecule has 13 heavy (non-hydrogen) atoms. The molecule has 0 radical (unpaired) electrons. The van der Waals surface area contributed by atoms with Gasteiger partial charge >= 0.3 is 0 Å². The largest absolute Gasteiger partial charge is 0.315 e. The number of rotatable bonds is 5. The molecule has 0 spiro atoms. The van der Waals surface area contributed by atoms with Crippen molar-refractivity contribution < 1.29 is 0 Å². The van der Waals surface area contributed by atoms with Crippen LogP contribution < -0.4 is 5.32 Å². The molecule has 0 saturated carbocycles. The molecule has 0 aromatic carbocycles. The van der Waals surface area contributed by atoms with Gasteiger partial charge in [0, 0.05) is 18.3 Å². The van der Waals surface area contributed by atoms with Crippen LogP contribution in [0, 0.1) is 5.41 Å². The lowest BCUT2D eigenvalue weighted by atomic mass is 9.87. The van der Waals surface area contributed by atoms with Crippen LogP contribution in [0.25, 0.3) is 0 Å². The number of nitrogens with zero attached hydrogens (tertiary/aromatic N) is 1. The molecule has 3 heteroatoms. The molecule has 0 fully saturated rings. The highest BCUT2D eigenvalue weighted by molar-refractivity contribution is 7.96. The highest BCUT2D eigenvalue weighted by Crippen LogP contribution is 2.21. The monoisotopic (exact) mass is 204 g/mol. The van der Waals surface area contributed by atoms with E-state index in [1.165, 1.54) is 0 Å². The average molecular weight is 204 g/mol. The first-order valence-corrected chi connectivity index (χ1v) is 5.87. The van der Waals surface area contributed by atoms with Crippen molar-refractivity contribution in [3.63, 3.8) is 0 Å². The molecule has 1 unspecified atom stereocenters. The van der Waals surface area contributed by atoms with Gasteiger partial charge in [-0.25, -0.2) is 0 Å². The predicted molar refractivity (Wildman–Crippen MR) is 63.1 cm³/mol. The van der Waals surface area contributed by atoms with Gasteiger partial charge in [-0.15, -0.1) is 0 Å². The van der Waals surface area contributed by atoms with Crippen molar-refractivity contribution in [3.8, 4) is 0 Å². The zero-order valence-electron chi connectivity index (χ0n) is 9.85. The molecular formula is C10H24N2S. The highest BCUT2D eigenvalue weighted by atomic mass is 32.2. The summed E-state index contributed by atoms with van der Waals surface area (Å²) in [5, 5.41) is 3.38. The van der Waals surface area contributed by atoms with Crippen LogP contribution in [0.2, 0.25) is 0 Å². The Morgan fingerprint density at radius 3 is 2.23 bits per heavy atom. The van der Waals surface area contributed by atoms with E-state index in [9.17, 15) is 0 Å². The van der Waals surface area contributed by atoms with Crippen molar-refractivity contribution in [3.05, 3.63) is 0 Å². The third-order valence-corrected chi connectivity index (χ3v) is 3.03. The van der Waals surface area contributed by atoms with E-state index in [1.807, 2.05) is 19.0 Å². The van der Waals surface area contributed by atoms with E-state index >= 15 is 0 Å². The van der Waals surface area contributed by atoms with Gasteiger partial charge < -0.3 is 5.32 Å². The van der Waals surface area contributed by atoms with E-state index in [4.69, 9.17) is 0 Å². The minimum Gasteiger partial charge on any atom is -0.315 e. The van der Waals surface area contributed by atoms with Crippen LogP contribution in [-0.4, -0.2) is 36.7 Å². The van der Waals surface area contributed by atoms with E-state index in [2.05, 4.69) is 44.4 Å². The third-order valence-electron chi connectivity index (χ3n) is 2.18. The topological polar surface area (TPSA) is 15.3 Å². The van der Waals surface area contributed by atoms with Gasteiger partial charge in [-0.2, -0.15) is 0 Å². The third kappa shape index (κ3) is 5.55. The van der Waals surface area contributed by atoms with Crippen molar-refractivity contribution in [1.82, 2.24) is 9.62 Å². The average Bonchev–Trinajstić information content (AvgIpc) is 1.98. The van der Waals surface area contributed by atoms with Crippen molar-refractivity contribution in [1.29, 1.82) is 0 Å². The molecule has 1 N–H and O–H groups in total. The van der Waals surface area contributed by atoms with E-state index in [0.717, 1.165) is 12.3 Å². The summed E-state index contributed by atoms with van der Waals surface area (Å²) >= 11 is 1.88. The van der Waals surface area contributed by atoms with Crippen molar-refractivity contribution in [2.24, 2.45) is 5.41 Å². The minimum atomic E-state index is 0.331. The zero-order chi connectivity index (χ0) is 10.5.